The summed E-state index contributed by atoms with van der Waals surface area (Å²) in [7, 11) is 0. The van der Waals surface area contributed by atoms with Gasteiger partial charge in [0.25, 0.3) is 17.1 Å². The summed E-state index contributed by atoms with van der Waals surface area (Å²) in [6, 6.07) is 6.97. The zero-order chi connectivity index (χ0) is 21.3. The number of hydrogen-bond acceptors (Lipinski definition) is 9. The zero-order valence-electron chi connectivity index (χ0n) is 14.6. The Kier molecular flexibility index (Phi) is 4.83. The van der Waals surface area contributed by atoms with Crippen molar-refractivity contribution in [3.8, 4) is 0 Å². The first-order valence-electron chi connectivity index (χ1n) is 7.88. The second kappa shape index (κ2) is 7.26. The van der Waals surface area contributed by atoms with Crippen LogP contribution in [0.5, 0.6) is 0 Å². The van der Waals surface area contributed by atoms with E-state index < -0.39 is 32.1 Å². The van der Waals surface area contributed by atoms with Gasteiger partial charge in [0, 0.05) is 23.3 Å². The number of esters is 1. The molecule has 12 nitrogen and oxygen atoms in total. The molecule has 0 N–H and O–H groups in total. The highest BCUT2D eigenvalue weighted by molar-refractivity contribution is 6.13. The molecular weight excluding hydrogens is 388 g/mol. The Balaban J connectivity index is 2.01. The predicted octanol–water partition coefficient (Wildman–Crippen LogP) is 3.06. The molecule has 0 atom stereocenters. The van der Waals surface area contributed by atoms with Gasteiger partial charge in [-0.1, -0.05) is 0 Å². The standard InChI is InChI=1S/C17H10N4O8/c1-9-6-11(3-5-14(9)20(25)26)16-18-13(17(22)29-16)7-10-2-4-12(19(23)24)8-15(10)21(27)28/h2-8H,1H3/b13-7-. The molecule has 2 aromatic carbocycles. The molecule has 12 heteroatoms. The van der Waals surface area contributed by atoms with Crippen molar-refractivity contribution < 1.29 is 24.3 Å². The van der Waals surface area contributed by atoms with Gasteiger partial charge in [-0.25, -0.2) is 9.79 Å². The van der Waals surface area contributed by atoms with Gasteiger partial charge in [0.15, 0.2) is 5.70 Å². The molecule has 0 saturated carbocycles. The van der Waals surface area contributed by atoms with E-state index in [0.29, 0.717) is 11.1 Å². The molecule has 0 radical (unpaired) electrons. The lowest BCUT2D eigenvalue weighted by Gasteiger charge is -2.01. The number of nitro groups is 3. The maximum absolute atomic E-state index is 12.1. The number of non-ortho nitro benzene ring substituents is 1. The average molecular weight is 398 g/mol. The third-order valence-electron chi connectivity index (χ3n) is 3.97. The van der Waals surface area contributed by atoms with Gasteiger partial charge in [0.05, 0.1) is 26.4 Å². The van der Waals surface area contributed by atoms with Crippen LogP contribution < -0.4 is 0 Å². The number of carbonyl (C=O) groups is 1. The minimum Gasteiger partial charge on any atom is -0.402 e. The molecule has 0 unspecified atom stereocenters. The van der Waals surface area contributed by atoms with Crippen molar-refractivity contribution in [1.82, 2.24) is 0 Å². The van der Waals surface area contributed by atoms with E-state index in [1.165, 1.54) is 25.1 Å². The molecule has 0 fully saturated rings. The Morgan fingerprint density at radius 1 is 0.931 bits per heavy atom. The molecule has 0 aromatic heterocycles. The molecule has 146 valence electrons. The van der Waals surface area contributed by atoms with Crippen molar-refractivity contribution in [3.63, 3.8) is 0 Å². The van der Waals surface area contributed by atoms with E-state index in [9.17, 15) is 35.1 Å². The van der Waals surface area contributed by atoms with Crippen LogP contribution in [-0.4, -0.2) is 26.6 Å². The predicted molar refractivity (Wildman–Crippen MR) is 98.2 cm³/mol. The Morgan fingerprint density at radius 2 is 1.62 bits per heavy atom. The maximum Gasteiger partial charge on any atom is 0.363 e. The Morgan fingerprint density at radius 3 is 2.21 bits per heavy atom. The summed E-state index contributed by atoms with van der Waals surface area (Å²) in [4.78, 5) is 46.8. The molecular formula is C17H10N4O8. The molecule has 0 amide bonds. The first kappa shape index (κ1) is 19.3. The number of aliphatic imine (C=N–C) groups is 1. The fraction of sp³-hybridized carbons (Fsp3) is 0.0588. The monoisotopic (exact) mass is 398 g/mol. The summed E-state index contributed by atoms with van der Waals surface area (Å²) >= 11 is 0. The lowest BCUT2D eigenvalue weighted by molar-refractivity contribution is -0.394. The normalized spacial score (nSPS) is 14.4. The molecule has 0 bridgehead atoms. The molecule has 29 heavy (non-hydrogen) atoms. The SMILES string of the molecule is Cc1cc(C2=N/C(=C\c3ccc([N+](=O)[O-])cc3[N+](=O)[O-])C(=O)O2)ccc1[N+](=O)[O-]. The molecule has 0 spiro atoms. The Labute approximate surface area is 161 Å². The van der Waals surface area contributed by atoms with Crippen molar-refractivity contribution in [2.75, 3.05) is 0 Å². The summed E-state index contributed by atoms with van der Waals surface area (Å²) < 4.78 is 5.04. The van der Waals surface area contributed by atoms with Crippen LogP contribution in [0.3, 0.4) is 0 Å². The fourth-order valence-electron chi connectivity index (χ4n) is 2.60. The van der Waals surface area contributed by atoms with Crippen LogP contribution in [0.25, 0.3) is 6.08 Å². The number of carbonyl (C=O) groups excluding carboxylic acids is 1. The van der Waals surface area contributed by atoms with Gasteiger partial charge in [-0.05, 0) is 31.2 Å². The van der Waals surface area contributed by atoms with E-state index in [1.54, 1.807) is 0 Å². The topological polar surface area (TPSA) is 168 Å². The lowest BCUT2D eigenvalue weighted by Crippen LogP contribution is -2.06. The van der Waals surface area contributed by atoms with Gasteiger partial charge in [-0.2, -0.15) is 0 Å². The number of rotatable bonds is 5. The van der Waals surface area contributed by atoms with E-state index in [0.717, 1.165) is 24.3 Å². The van der Waals surface area contributed by atoms with Crippen LogP contribution in [-0.2, 0) is 9.53 Å². The summed E-state index contributed by atoms with van der Waals surface area (Å²) in [5.74, 6) is -1.01. The van der Waals surface area contributed by atoms with Crippen molar-refractivity contribution >= 4 is 35.0 Å². The molecule has 1 aliphatic rings. The number of nitrogens with zero attached hydrogens (tertiary/aromatic N) is 4. The van der Waals surface area contributed by atoms with Crippen LogP contribution >= 0.6 is 0 Å². The van der Waals surface area contributed by atoms with Crippen LogP contribution in [0.1, 0.15) is 16.7 Å². The van der Waals surface area contributed by atoms with Gasteiger partial charge in [0.2, 0.25) is 5.90 Å². The summed E-state index contributed by atoms with van der Waals surface area (Å²) in [5.41, 5.74) is -0.855. The van der Waals surface area contributed by atoms with Crippen LogP contribution in [0, 0.1) is 37.3 Å². The minimum absolute atomic E-state index is 0.0718. The zero-order valence-corrected chi connectivity index (χ0v) is 14.6. The van der Waals surface area contributed by atoms with Crippen LogP contribution in [0.2, 0.25) is 0 Å². The lowest BCUT2D eigenvalue weighted by atomic mass is 10.1. The minimum atomic E-state index is -0.886. The highest BCUT2D eigenvalue weighted by Crippen LogP contribution is 2.29. The van der Waals surface area contributed by atoms with Crippen LogP contribution in [0.4, 0.5) is 17.1 Å². The van der Waals surface area contributed by atoms with Crippen molar-refractivity contribution in [2.45, 2.75) is 6.92 Å². The number of aryl methyl sites for hydroxylation is 1. The van der Waals surface area contributed by atoms with Crippen molar-refractivity contribution in [2.24, 2.45) is 4.99 Å². The average Bonchev–Trinajstić information content (AvgIpc) is 3.01. The van der Waals surface area contributed by atoms with E-state index >= 15 is 0 Å². The molecule has 0 saturated heterocycles. The van der Waals surface area contributed by atoms with E-state index in [4.69, 9.17) is 4.74 Å². The van der Waals surface area contributed by atoms with Crippen LogP contribution in [0.15, 0.2) is 47.1 Å². The van der Waals surface area contributed by atoms with E-state index in [2.05, 4.69) is 4.99 Å². The molecule has 2 aromatic rings. The number of ether oxygens (including phenoxy) is 1. The highest BCUT2D eigenvalue weighted by atomic mass is 16.6. The first-order chi connectivity index (χ1) is 13.7. The summed E-state index contributed by atoms with van der Waals surface area (Å²) in [5, 5.41) is 32.9. The van der Waals surface area contributed by atoms with Gasteiger partial charge in [0.1, 0.15) is 0 Å². The van der Waals surface area contributed by atoms with Crippen molar-refractivity contribution in [3.05, 3.63) is 89.1 Å². The molecule has 3 rings (SSSR count). The number of benzene rings is 2. The third-order valence-corrected chi connectivity index (χ3v) is 3.97. The smallest absolute Gasteiger partial charge is 0.363 e. The largest absolute Gasteiger partial charge is 0.402 e. The Hall–Kier alpha value is -4.48. The quantitative estimate of drug-likeness (QED) is 0.320. The van der Waals surface area contributed by atoms with Gasteiger partial charge in [-0.15, -0.1) is 0 Å². The highest BCUT2D eigenvalue weighted by Gasteiger charge is 2.27. The fourth-order valence-corrected chi connectivity index (χ4v) is 2.60. The summed E-state index contributed by atoms with van der Waals surface area (Å²) in [6.07, 6.45) is 1.08. The second-order valence-electron chi connectivity index (χ2n) is 5.85. The molecule has 1 aliphatic heterocycles. The van der Waals surface area contributed by atoms with Gasteiger partial charge >= 0.3 is 5.97 Å². The second-order valence-corrected chi connectivity index (χ2v) is 5.85. The van der Waals surface area contributed by atoms with E-state index in [1.807, 2.05) is 0 Å². The van der Waals surface area contributed by atoms with Gasteiger partial charge < -0.3 is 4.74 Å². The molecule has 1 heterocycles. The first-order valence-corrected chi connectivity index (χ1v) is 7.88. The van der Waals surface area contributed by atoms with Crippen molar-refractivity contribution in [1.29, 1.82) is 0 Å². The molecule has 0 aliphatic carbocycles. The summed E-state index contributed by atoms with van der Waals surface area (Å²) in [6.45, 7) is 1.51. The Bertz CT molecular complexity index is 1150. The van der Waals surface area contributed by atoms with E-state index in [-0.39, 0.29) is 22.8 Å². The number of hydrogen-bond donors (Lipinski definition) is 0. The third kappa shape index (κ3) is 3.80. The van der Waals surface area contributed by atoms with Gasteiger partial charge in [-0.3, -0.25) is 30.3 Å². The number of nitro benzene ring substituents is 3. The number of cyclic esters (lactones) is 1. The maximum atomic E-state index is 12.1.